The molecule has 0 atom stereocenters. The summed E-state index contributed by atoms with van der Waals surface area (Å²) in [5, 5.41) is 0.650. The lowest BCUT2D eigenvalue weighted by atomic mass is 10.1. The van der Waals surface area contributed by atoms with Crippen molar-refractivity contribution in [2.75, 3.05) is 0 Å². The zero-order valence-corrected chi connectivity index (χ0v) is 11.8. The van der Waals surface area contributed by atoms with Crippen LogP contribution in [0.4, 0.5) is 0 Å². The normalized spacial score (nSPS) is 10.6. The lowest BCUT2D eigenvalue weighted by Crippen LogP contribution is -1.82. The van der Waals surface area contributed by atoms with Gasteiger partial charge in [0.25, 0.3) is 0 Å². The summed E-state index contributed by atoms with van der Waals surface area (Å²) in [5.74, 6) is 1.51. The second-order valence-corrected chi connectivity index (χ2v) is 4.72. The van der Waals surface area contributed by atoms with Crippen molar-refractivity contribution in [2.24, 2.45) is 0 Å². The molecule has 3 rings (SSSR count). The summed E-state index contributed by atoms with van der Waals surface area (Å²) in [6.07, 6.45) is 0. The van der Waals surface area contributed by atoms with E-state index in [1.54, 1.807) is 0 Å². The molecule has 0 spiro atoms. The first-order valence-corrected chi connectivity index (χ1v) is 7.17. The maximum absolute atomic E-state index is 5.85. The molecule has 0 unspecified atom stereocenters. The minimum absolute atomic E-state index is 0.650. The minimum Gasteiger partial charge on any atom is -0.440 e. The highest BCUT2D eigenvalue weighted by Crippen LogP contribution is 2.30. The van der Waals surface area contributed by atoms with Gasteiger partial charge < -0.3 is 4.42 Å². The predicted molar refractivity (Wildman–Crippen MR) is 80.0 cm³/mol. The highest BCUT2D eigenvalue weighted by Gasteiger charge is 2.14. The molecule has 0 amide bonds. The van der Waals surface area contributed by atoms with Gasteiger partial charge in [-0.05, 0) is 12.1 Å². The Kier molecular flexibility index (Phi) is 3.47. The van der Waals surface area contributed by atoms with Gasteiger partial charge in [0.2, 0.25) is 5.89 Å². The average molecular weight is 314 g/mol. The van der Waals surface area contributed by atoms with E-state index < -0.39 is 0 Å². The van der Waals surface area contributed by atoms with E-state index in [0.717, 1.165) is 22.6 Å². The fourth-order valence-corrected chi connectivity index (χ4v) is 2.35. The highest BCUT2D eigenvalue weighted by atomic mass is 79.9. The van der Waals surface area contributed by atoms with Gasteiger partial charge in [-0.2, -0.15) is 0 Å². The van der Waals surface area contributed by atoms with Gasteiger partial charge in [0.15, 0.2) is 0 Å². The second kappa shape index (κ2) is 5.41. The van der Waals surface area contributed by atoms with Crippen molar-refractivity contribution >= 4 is 15.9 Å². The van der Waals surface area contributed by atoms with Crippen molar-refractivity contribution in [3.05, 3.63) is 66.4 Å². The van der Waals surface area contributed by atoms with Gasteiger partial charge in [0.1, 0.15) is 11.5 Å². The number of halogens is 1. The van der Waals surface area contributed by atoms with E-state index in [-0.39, 0.29) is 0 Å². The summed E-state index contributed by atoms with van der Waals surface area (Å²) in [6.45, 7) is 0. The maximum Gasteiger partial charge on any atom is 0.226 e. The first-order valence-electron chi connectivity index (χ1n) is 6.05. The minimum atomic E-state index is 0.650. The first kappa shape index (κ1) is 12.2. The average Bonchev–Trinajstić information content (AvgIpc) is 2.93. The van der Waals surface area contributed by atoms with Crippen LogP contribution in [0.15, 0.2) is 65.1 Å². The standard InChI is InChI=1S/C16H12BrNO/c17-11-14-15(12-7-3-1-4-8-12)18-16(19-14)13-9-5-2-6-10-13/h1-10H,11H2. The Labute approximate surface area is 120 Å². The number of benzene rings is 2. The van der Waals surface area contributed by atoms with Gasteiger partial charge in [-0.3, -0.25) is 0 Å². The van der Waals surface area contributed by atoms with Crippen LogP contribution in [-0.2, 0) is 5.33 Å². The van der Waals surface area contributed by atoms with Gasteiger partial charge in [-0.15, -0.1) is 0 Å². The Morgan fingerprint density at radius 1 is 0.842 bits per heavy atom. The Balaban J connectivity index is 2.09. The SMILES string of the molecule is BrCc1oc(-c2ccccc2)nc1-c1ccccc1. The Bertz CT molecular complexity index is 662. The number of aromatic nitrogens is 1. The van der Waals surface area contributed by atoms with Gasteiger partial charge in [0, 0.05) is 11.1 Å². The summed E-state index contributed by atoms with van der Waals surface area (Å²) in [7, 11) is 0. The van der Waals surface area contributed by atoms with Crippen molar-refractivity contribution in [1.29, 1.82) is 0 Å². The molecular formula is C16H12BrNO. The molecule has 1 heterocycles. The lowest BCUT2D eigenvalue weighted by molar-refractivity contribution is 0.540. The zero-order chi connectivity index (χ0) is 13.1. The van der Waals surface area contributed by atoms with Gasteiger partial charge in [0.05, 0.1) is 5.33 Å². The summed E-state index contributed by atoms with van der Waals surface area (Å²) in [4.78, 5) is 4.62. The van der Waals surface area contributed by atoms with E-state index in [1.807, 2.05) is 60.7 Å². The lowest BCUT2D eigenvalue weighted by Gasteiger charge is -1.96. The monoisotopic (exact) mass is 313 g/mol. The van der Waals surface area contributed by atoms with Crippen LogP contribution >= 0.6 is 15.9 Å². The molecule has 0 bridgehead atoms. The van der Waals surface area contributed by atoms with Gasteiger partial charge >= 0.3 is 0 Å². The number of rotatable bonds is 3. The molecular weight excluding hydrogens is 302 g/mol. The molecule has 94 valence electrons. The molecule has 0 N–H and O–H groups in total. The molecule has 0 saturated heterocycles. The molecule has 3 heteroatoms. The Hall–Kier alpha value is -1.87. The number of hydrogen-bond acceptors (Lipinski definition) is 2. The molecule has 0 fully saturated rings. The highest BCUT2D eigenvalue weighted by molar-refractivity contribution is 9.08. The Morgan fingerprint density at radius 2 is 1.42 bits per heavy atom. The predicted octanol–water partition coefficient (Wildman–Crippen LogP) is 4.90. The summed E-state index contributed by atoms with van der Waals surface area (Å²) in [5.41, 5.74) is 2.96. The van der Waals surface area contributed by atoms with Crippen molar-refractivity contribution in [3.8, 4) is 22.7 Å². The molecule has 19 heavy (non-hydrogen) atoms. The Morgan fingerprint density at radius 3 is 2.00 bits per heavy atom. The summed E-state index contributed by atoms with van der Waals surface area (Å²) >= 11 is 3.46. The largest absolute Gasteiger partial charge is 0.440 e. The third kappa shape index (κ3) is 2.47. The van der Waals surface area contributed by atoms with Crippen molar-refractivity contribution in [3.63, 3.8) is 0 Å². The van der Waals surface area contributed by atoms with Crippen LogP contribution in [0.1, 0.15) is 5.76 Å². The first-order chi connectivity index (χ1) is 9.38. The van der Waals surface area contributed by atoms with Crippen LogP contribution in [0.25, 0.3) is 22.7 Å². The summed E-state index contributed by atoms with van der Waals surface area (Å²) in [6, 6.07) is 20.0. The topological polar surface area (TPSA) is 26.0 Å². The van der Waals surface area contributed by atoms with E-state index in [2.05, 4.69) is 20.9 Å². The molecule has 0 radical (unpaired) electrons. The maximum atomic E-state index is 5.85. The molecule has 0 saturated carbocycles. The van der Waals surface area contributed by atoms with E-state index >= 15 is 0 Å². The molecule has 0 aliphatic heterocycles. The van der Waals surface area contributed by atoms with E-state index in [4.69, 9.17) is 4.42 Å². The van der Waals surface area contributed by atoms with Crippen molar-refractivity contribution in [1.82, 2.24) is 4.98 Å². The third-order valence-corrected chi connectivity index (χ3v) is 3.40. The van der Waals surface area contributed by atoms with E-state index in [1.165, 1.54) is 0 Å². The van der Waals surface area contributed by atoms with E-state index in [0.29, 0.717) is 11.2 Å². The molecule has 0 aliphatic rings. The number of hydrogen-bond donors (Lipinski definition) is 0. The number of nitrogens with zero attached hydrogens (tertiary/aromatic N) is 1. The van der Waals surface area contributed by atoms with E-state index in [9.17, 15) is 0 Å². The fraction of sp³-hybridized carbons (Fsp3) is 0.0625. The number of alkyl halides is 1. The van der Waals surface area contributed by atoms with Crippen LogP contribution in [0.5, 0.6) is 0 Å². The molecule has 3 aromatic rings. The smallest absolute Gasteiger partial charge is 0.226 e. The van der Waals surface area contributed by atoms with Gasteiger partial charge in [-0.25, -0.2) is 4.98 Å². The third-order valence-electron chi connectivity index (χ3n) is 2.89. The molecule has 0 aliphatic carbocycles. The fourth-order valence-electron chi connectivity index (χ4n) is 1.97. The van der Waals surface area contributed by atoms with Crippen LogP contribution in [0.3, 0.4) is 0 Å². The van der Waals surface area contributed by atoms with Crippen LogP contribution < -0.4 is 0 Å². The van der Waals surface area contributed by atoms with Crippen LogP contribution in [0.2, 0.25) is 0 Å². The quantitative estimate of drug-likeness (QED) is 0.642. The van der Waals surface area contributed by atoms with Crippen LogP contribution in [-0.4, -0.2) is 4.98 Å². The second-order valence-electron chi connectivity index (χ2n) is 4.16. The zero-order valence-electron chi connectivity index (χ0n) is 10.2. The molecule has 2 nitrogen and oxygen atoms in total. The van der Waals surface area contributed by atoms with Gasteiger partial charge in [-0.1, -0.05) is 64.5 Å². The van der Waals surface area contributed by atoms with Crippen LogP contribution in [0, 0.1) is 0 Å². The van der Waals surface area contributed by atoms with Crippen molar-refractivity contribution in [2.45, 2.75) is 5.33 Å². The molecule has 1 aromatic heterocycles. The van der Waals surface area contributed by atoms with Crippen molar-refractivity contribution < 1.29 is 4.42 Å². The number of oxazole rings is 1. The molecule has 2 aromatic carbocycles. The summed E-state index contributed by atoms with van der Waals surface area (Å²) < 4.78 is 5.85.